The largest absolute Gasteiger partial charge is 0.491 e. The molecule has 3 heteroatoms. The van der Waals surface area contributed by atoms with Crippen LogP contribution in [0.25, 0.3) is 0 Å². The number of ether oxygens (including phenoxy) is 1. The molecule has 2 N–H and O–H groups in total. The van der Waals surface area contributed by atoms with E-state index in [0.717, 1.165) is 18.2 Å². The van der Waals surface area contributed by atoms with E-state index in [0.29, 0.717) is 13.2 Å². The first-order valence-electron chi connectivity index (χ1n) is 6.73. The molecule has 1 atom stereocenters. The van der Waals surface area contributed by atoms with Gasteiger partial charge in [-0.2, -0.15) is 0 Å². The van der Waals surface area contributed by atoms with Crippen LogP contribution in [-0.4, -0.2) is 30.9 Å². The second-order valence-electron chi connectivity index (χ2n) is 5.39. The molecular formula is C15H23NO2. The van der Waals surface area contributed by atoms with E-state index in [1.807, 2.05) is 26.0 Å². The summed E-state index contributed by atoms with van der Waals surface area (Å²) in [6, 6.07) is 6.11. The van der Waals surface area contributed by atoms with Gasteiger partial charge in [0.15, 0.2) is 0 Å². The molecule has 1 aliphatic carbocycles. The van der Waals surface area contributed by atoms with Gasteiger partial charge in [0.25, 0.3) is 0 Å². The van der Waals surface area contributed by atoms with Crippen LogP contribution in [0.15, 0.2) is 18.2 Å². The number of benzene rings is 1. The minimum absolute atomic E-state index is 0.348. The molecule has 18 heavy (non-hydrogen) atoms. The maximum atomic E-state index is 9.79. The summed E-state index contributed by atoms with van der Waals surface area (Å²) in [4.78, 5) is 0. The van der Waals surface area contributed by atoms with Gasteiger partial charge in [0, 0.05) is 6.54 Å². The number of aliphatic hydroxyl groups excluding tert-OH is 1. The number of nitrogens with one attached hydrogen (secondary N) is 1. The normalized spacial score (nSPS) is 16.6. The van der Waals surface area contributed by atoms with Crippen LogP contribution in [0.5, 0.6) is 5.75 Å². The van der Waals surface area contributed by atoms with Crippen molar-refractivity contribution in [3.05, 3.63) is 29.3 Å². The fraction of sp³-hybridized carbons (Fsp3) is 0.600. The Balaban J connectivity index is 1.68. The smallest absolute Gasteiger partial charge is 0.119 e. The highest BCUT2D eigenvalue weighted by Gasteiger charge is 2.20. The lowest BCUT2D eigenvalue weighted by Gasteiger charge is -2.14. The Hall–Kier alpha value is -1.06. The highest BCUT2D eigenvalue weighted by molar-refractivity contribution is 5.32. The maximum absolute atomic E-state index is 9.79. The third kappa shape index (κ3) is 4.67. The first-order chi connectivity index (χ1) is 8.63. The molecule has 0 saturated heterocycles. The van der Waals surface area contributed by atoms with Crippen molar-refractivity contribution in [3.8, 4) is 5.75 Å². The molecule has 1 saturated carbocycles. The maximum Gasteiger partial charge on any atom is 0.119 e. The van der Waals surface area contributed by atoms with E-state index in [-0.39, 0.29) is 0 Å². The first kappa shape index (κ1) is 13.4. The Labute approximate surface area is 109 Å². The second kappa shape index (κ2) is 6.21. The van der Waals surface area contributed by atoms with Crippen LogP contribution in [0.3, 0.4) is 0 Å². The van der Waals surface area contributed by atoms with Crippen molar-refractivity contribution in [1.29, 1.82) is 0 Å². The van der Waals surface area contributed by atoms with Crippen LogP contribution in [0.2, 0.25) is 0 Å². The average Bonchev–Trinajstić information content (AvgIpc) is 3.09. The van der Waals surface area contributed by atoms with E-state index in [4.69, 9.17) is 4.74 Å². The number of aliphatic hydroxyl groups is 1. The molecule has 3 nitrogen and oxygen atoms in total. The summed E-state index contributed by atoms with van der Waals surface area (Å²) in [6.45, 7) is 6.09. The molecular weight excluding hydrogens is 226 g/mol. The van der Waals surface area contributed by atoms with E-state index >= 15 is 0 Å². The summed E-state index contributed by atoms with van der Waals surface area (Å²) in [5.41, 5.74) is 2.37. The Morgan fingerprint density at radius 3 is 2.56 bits per heavy atom. The molecule has 0 heterocycles. The van der Waals surface area contributed by atoms with Crippen molar-refractivity contribution >= 4 is 0 Å². The Morgan fingerprint density at radius 1 is 1.28 bits per heavy atom. The summed E-state index contributed by atoms with van der Waals surface area (Å²) in [5, 5.41) is 13.1. The SMILES string of the molecule is Cc1cc(C)cc(OCC(O)CNCC2CC2)c1. The summed E-state index contributed by atoms with van der Waals surface area (Å²) >= 11 is 0. The van der Waals surface area contributed by atoms with E-state index in [9.17, 15) is 5.11 Å². The van der Waals surface area contributed by atoms with Gasteiger partial charge >= 0.3 is 0 Å². The van der Waals surface area contributed by atoms with Gasteiger partial charge in [-0.3, -0.25) is 0 Å². The second-order valence-corrected chi connectivity index (χ2v) is 5.39. The Kier molecular flexibility index (Phi) is 4.61. The zero-order chi connectivity index (χ0) is 13.0. The van der Waals surface area contributed by atoms with Crippen molar-refractivity contribution in [3.63, 3.8) is 0 Å². The quantitative estimate of drug-likeness (QED) is 0.777. The monoisotopic (exact) mass is 249 g/mol. The lowest BCUT2D eigenvalue weighted by molar-refractivity contribution is 0.106. The van der Waals surface area contributed by atoms with Gasteiger partial charge in [-0.25, -0.2) is 0 Å². The topological polar surface area (TPSA) is 41.5 Å². The minimum Gasteiger partial charge on any atom is -0.491 e. The van der Waals surface area contributed by atoms with Gasteiger partial charge in [0.05, 0.1) is 0 Å². The standard InChI is InChI=1S/C15H23NO2/c1-11-5-12(2)7-15(6-11)18-10-14(17)9-16-8-13-3-4-13/h5-7,13-14,16-17H,3-4,8-10H2,1-2H3. The number of hydrogen-bond acceptors (Lipinski definition) is 3. The van der Waals surface area contributed by atoms with Gasteiger partial charge in [-0.05, 0) is 62.4 Å². The fourth-order valence-corrected chi connectivity index (χ4v) is 2.04. The van der Waals surface area contributed by atoms with Crippen LogP contribution in [0.1, 0.15) is 24.0 Å². The van der Waals surface area contributed by atoms with Gasteiger partial charge < -0.3 is 15.2 Å². The molecule has 0 aromatic heterocycles. The van der Waals surface area contributed by atoms with Crippen molar-refractivity contribution in [1.82, 2.24) is 5.32 Å². The lowest BCUT2D eigenvalue weighted by Crippen LogP contribution is -2.32. The van der Waals surface area contributed by atoms with Gasteiger partial charge in [0.1, 0.15) is 18.5 Å². The number of aryl methyl sites for hydroxylation is 2. The molecule has 0 spiro atoms. The van der Waals surface area contributed by atoms with Crippen molar-refractivity contribution in [2.75, 3.05) is 19.7 Å². The van der Waals surface area contributed by atoms with E-state index < -0.39 is 6.10 Å². The van der Waals surface area contributed by atoms with Crippen LogP contribution >= 0.6 is 0 Å². The summed E-state index contributed by atoms with van der Waals surface area (Å²) in [6.07, 6.45) is 2.23. The van der Waals surface area contributed by atoms with Gasteiger partial charge in [0.2, 0.25) is 0 Å². The van der Waals surface area contributed by atoms with Crippen LogP contribution in [0.4, 0.5) is 0 Å². The molecule has 1 aromatic rings. The van der Waals surface area contributed by atoms with Crippen LogP contribution in [0, 0.1) is 19.8 Å². The fourth-order valence-electron chi connectivity index (χ4n) is 2.04. The molecule has 1 unspecified atom stereocenters. The van der Waals surface area contributed by atoms with E-state index in [1.165, 1.54) is 24.0 Å². The highest BCUT2D eigenvalue weighted by Crippen LogP contribution is 2.27. The number of rotatable bonds is 7. The molecule has 0 bridgehead atoms. The average molecular weight is 249 g/mol. The van der Waals surface area contributed by atoms with Crippen molar-refractivity contribution in [2.24, 2.45) is 5.92 Å². The Morgan fingerprint density at radius 2 is 1.94 bits per heavy atom. The van der Waals surface area contributed by atoms with E-state index in [2.05, 4.69) is 11.4 Å². The summed E-state index contributed by atoms with van der Waals surface area (Å²) < 4.78 is 5.61. The van der Waals surface area contributed by atoms with Gasteiger partial charge in [-0.15, -0.1) is 0 Å². The lowest BCUT2D eigenvalue weighted by atomic mass is 10.1. The zero-order valence-electron chi connectivity index (χ0n) is 11.3. The first-order valence-corrected chi connectivity index (χ1v) is 6.73. The molecule has 0 radical (unpaired) electrons. The third-order valence-electron chi connectivity index (χ3n) is 3.15. The molecule has 100 valence electrons. The Bertz CT molecular complexity index is 368. The molecule has 0 aliphatic heterocycles. The predicted octanol–water partition coefficient (Wildman–Crippen LogP) is 2.04. The number of hydrogen-bond donors (Lipinski definition) is 2. The summed E-state index contributed by atoms with van der Waals surface area (Å²) in [7, 11) is 0. The molecule has 2 rings (SSSR count). The van der Waals surface area contributed by atoms with Crippen LogP contribution < -0.4 is 10.1 Å². The minimum atomic E-state index is -0.440. The molecule has 0 amide bonds. The zero-order valence-corrected chi connectivity index (χ0v) is 11.3. The van der Waals surface area contributed by atoms with Crippen molar-refractivity contribution in [2.45, 2.75) is 32.8 Å². The highest BCUT2D eigenvalue weighted by atomic mass is 16.5. The molecule has 1 aliphatic rings. The van der Waals surface area contributed by atoms with E-state index in [1.54, 1.807) is 0 Å². The van der Waals surface area contributed by atoms with Crippen molar-refractivity contribution < 1.29 is 9.84 Å². The molecule has 1 fully saturated rings. The predicted molar refractivity (Wildman–Crippen MR) is 73.0 cm³/mol. The van der Waals surface area contributed by atoms with Crippen LogP contribution in [-0.2, 0) is 0 Å². The summed E-state index contributed by atoms with van der Waals surface area (Å²) in [5.74, 6) is 1.69. The third-order valence-corrected chi connectivity index (χ3v) is 3.15. The molecule has 1 aromatic carbocycles. The van der Waals surface area contributed by atoms with Gasteiger partial charge in [-0.1, -0.05) is 6.07 Å².